The lowest BCUT2D eigenvalue weighted by atomic mass is 10.1. The third kappa shape index (κ3) is 3.90. The molecule has 2 aromatic carbocycles. The summed E-state index contributed by atoms with van der Waals surface area (Å²) < 4.78 is 37.1. The first kappa shape index (κ1) is 18.2. The first-order chi connectivity index (χ1) is 13.4. The van der Waals surface area contributed by atoms with E-state index in [0.29, 0.717) is 28.4 Å². The van der Waals surface area contributed by atoms with Crippen LogP contribution in [0, 0.1) is 5.92 Å². The molecular formula is C20H18F2N2O4. The van der Waals surface area contributed by atoms with Gasteiger partial charge in [0.2, 0.25) is 18.6 Å². The van der Waals surface area contributed by atoms with Crippen molar-refractivity contribution in [2.24, 2.45) is 5.92 Å². The molecule has 1 aliphatic carbocycles. The Kier molecular flexibility index (Phi) is 4.62. The molecule has 146 valence electrons. The largest absolute Gasteiger partial charge is 0.454 e. The lowest BCUT2D eigenvalue weighted by Crippen LogP contribution is -2.22. The molecule has 1 atom stereocenters. The number of hydrogen-bond donors (Lipinski definition) is 2. The highest BCUT2D eigenvalue weighted by Crippen LogP contribution is 2.39. The number of benzene rings is 2. The number of carbonyl (C=O) groups excluding carboxylic acids is 2. The predicted molar refractivity (Wildman–Crippen MR) is 97.9 cm³/mol. The maximum Gasteiger partial charge on any atom is 0.255 e. The summed E-state index contributed by atoms with van der Waals surface area (Å²) in [6, 6.07) is 11.4. The van der Waals surface area contributed by atoms with Crippen molar-refractivity contribution in [3.63, 3.8) is 0 Å². The van der Waals surface area contributed by atoms with Crippen LogP contribution in [0.5, 0.6) is 11.5 Å². The summed E-state index contributed by atoms with van der Waals surface area (Å²) in [5.41, 5.74) is 1.30. The minimum absolute atomic E-state index is 0.120. The van der Waals surface area contributed by atoms with Crippen molar-refractivity contribution in [1.29, 1.82) is 0 Å². The third-order valence-corrected chi connectivity index (χ3v) is 4.80. The van der Waals surface area contributed by atoms with E-state index in [9.17, 15) is 18.4 Å². The first-order valence-electron chi connectivity index (χ1n) is 8.89. The lowest BCUT2D eigenvalue weighted by Gasteiger charge is -2.13. The zero-order valence-corrected chi connectivity index (χ0v) is 14.8. The second kappa shape index (κ2) is 7.10. The Morgan fingerprint density at radius 3 is 2.50 bits per heavy atom. The number of anilines is 2. The fourth-order valence-corrected chi connectivity index (χ4v) is 3.33. The van der Waals surface area contributed by atoms with Gasteiger partial charge in [-0.25, -0.2) is 8.78 Å². The Labute approximate surface area is 159 Å². The number of carbonyl (C=O) groups is 2. The summed E-state index contributed by atoms with van der Waals surface area (Å²) in [5, 5.41) is 5.39. The second-order valence-electron chi connectivity index (χ2n) is 6.89. The summed E-state index contributed by atoms with van der Waals surface area (Å²) >= 11 is 0. The van der Waals surface area contributed by atoms with Gasteiger partial charge in [-0.1, -0.05) is 6.07 Å². The van der Waals surface area contributed by atoms with E-state index in [-0.39, 0.29) is 25.5 Å². The van der Waals surface area contributed by atoms with Gasteiger partial charge in [0.1, 0.15) is 0 Å². The molecule has 1 fully saturated rings. The van der Waals surface area contributed by atoms with Gasteiger partial charge < -0.3 is 20.1 Å². The quantitative estimate of drug-likeness (QED) is 0.829. The molecule has 0 unspecified atom stereocenters. The minimum Gasteiger partial charge on any atom is -0.454 e. The monoisotopic (exact) mass is 388 g/mol. The van der Waals surface area contributed by atoms with Crippen molar-refractivity contribution >= 4 is 23.2 Å². The Bertz CT molecular complexity index is 932. The van der Waals surface area contributed by atoms with Gasteiger partial charge in [0.25, 0.3) is 5.91 Å². The maximum atomic E-state index is 13.3. The summed E-state index contributed by atoms with van der Waals surface area (Å²) in [5.74, 6) is -3.18. The normalized spacial score (nSPS) is 19.3. The van der Waals surface area contributed by atoms with E-state index in [4.69, 9.17) is 9.47 Å². The van der Waals surface area contributed by atoms with Gasteiger partial charge in [-0.15, -0.1) is 0 Å². The van der Waals surface area contributed by atoms with Crippen LogP contribution in [0.25, 0.3) is 0 Å². The van der Waals surface area contributed by atoms with Crippen LogP contribution in [0.1, 0.15) is 29.6 Å². The van der Waals surface area contributed by atoms with Crippen LogP contribution in [-0.4, -0.2) is 24.5 Å². The number of halogens is 2. The summed E-state index contributed by atoms with van der Waals surface area (Å²) in [6.45, 7) is 0.120. The highest BCUT2D eigenvalue weighted by Gasteiger charge is 2.42. The molecule has 2 aromatic rings. The van der Waals surface area contributed by atoms with Crippen LogP contribution in [0.3, 0.4) is 0 Å². The second-order valence-corrected chi connectivity index (χ2v) is 6.89. The fourth-order valence-electron chi connectivity index (χ4n) is 3.33. The average Bonchev–Trinajstić information content (AvgIpc) is 3.27. The average molecular weight is 388 g/mol. The molecule has 0 aromatic heterocycles. The molecular weight excluding hydrogens is 370 g/mol. The number of hydrogen-bond acceptors (Lipinski definition) is 4. The molecule has 2 N–H and O–H groups in total. The Hall–Kier alpha value is -3.16. The molecule has 8 heteroatoms. The van der Waals surface area contributed by atoms with Crippen LogP contribution in [0.4, 0.5) is 20.2 Å². The molecule has 2 aliphatic rings. The van der Waals surface area contributed by atoms with Crippen molar-refractivity contribution in [3.8, 4) is 11.5 Å². The van der Waals surface area contributed by atoms with Crippen LogP contribution in [0.2, 0.25) is 0 Å². The molecule has 0 bridgehead atoms. The molecule has 2 amide bonds. The highest BCUT2D eigenvalue weighted by atomic mass is 19.3. The number of fused-ring (bicyclic) bond motifs is 1. The van der Waals surface area contributed by atoms with Crippen molar-refractivity contribution in [3.05, 3.63) is 48.0 Å². The van der Waals surface area contributed by atoms with Crippen molar-refractivity contribution in [1.82, 2.24) is 0 Å². The Morgan fingerprint density at radius 1 is 1.00 bits per heavy atom. The van der Waals surface area contributed by atoms with E-state index < -0.39 is 24.2 Å². The molecule has 0 radical (unpaired) electrons. The number of alkyl halides is 2. The van der Waals surface area contributed by atoms with Gasteiger partial charge in [-0.2, -0.15) is 0 Å². The van der Waals surface area contributed by atoms with Gasteiger partial charge in [-0.3, -0.25) is 9.59 Å². The van der Waals surface area contributed by atoms with Crippen LogP contribution in [-0.2, 0) is 4.79 Å². The summed E-state index contributed by atoms with van der Waals surface area (Å²) in [6.07, 6.45) is -0.532. The topological polar surface area (TPSA) is 76.7 Å². The number of rotatable bonds is 4. The van der Waals surface area contributed by atoms with Gasteiger partial charge in [0.05, 0.1) is 0 Å². The van der Waals surface area contributed by atoms with E-state index >= 15 is 0 Å². The van der Waals surface area contributed by atoms with Crippen LogP contribution in [0.15, 0.2) is 42.5 Å². The van der Waals surface area contributed by atoms with Gasteiger partial charge in [0.15, 0.2) is 11.5 Å². The zero-order chi connectivity index (χ0) is 19.7. The standard InChI is InChI=1S/C20H18F2N2O4/c21-20(22)7-6-13(10-20)19(26)24-15-3-1-2-14(9-15)23-18(25)12-4-5-16-17(8-12)28-11-27-16/h1-5,8-9,13H,6-7,10-11H2,(H,23,25)(H,24,26)/t13-/m0/s1. The number of amides is 2. The van der Waals surface area contributed by atoms with Crippen molar-refractivity contribution in [2.75, 3.05) is 17.4 Å². The maximum absolute atomic E-state index is 13.3. The fraction of sp³-hybridized carbons (Fsp3) is 0.300. The first-order valence-corrected chi connectivity index (χ1v) is 8.89. The molecule has 1 heterocycles. The Balaban J connectivity index is 1.41. The van der Waals surface area contributed by atoms with Crippen molar-refractivity contribution in [2.45, 2.75) is 25.2 Å². The highest BCUT2D eigenvalue weighted by molar-refractivity contribution is 6.05. The van der Waals surface area contributed by atoms with E-state index in [1.54, 1.807) is 42.5 Å². The predicted octanol–water partition coefficient (Wildman–Crippen LogP) is 4.04. The summed E-state index contributed by atoms with van der Waals surface area (Å²) in [4.78, 5) is 24.7. The lowest BCUT2D eigenvalue weighted by molar-refractivity contribution is -0.120. The molecule has 4 rings (SSSR count). The molecule has 1 saturated carbocycles. The van der Waals surface area contributed by atoms with E-state index in [1.807, 2.05) is 0 Å². The third-order valence-electron chi connectivity index (χ3n) is 4.80. The molecule has 0 saturated heterocycles. The summed E-state index contributed by atoms with van der Waals surface area (Å²) in [7, 11) is 0. The minimum atomic E-state index is -2.78. The van der Waals surface area contributed by atoms with Gasteiger partial charge in [-0.05, 0) is 42.8 Å². The van der Waals surface area contributed by atoms with Gasteiger partial charge >= 0.3 is 0 Å². The van der Waals surface area contributed by atoms with Crippen LogP contribution >= 0.6 is 0 Å². The smallest absolute Gasteiger partial charge is 0.255 e. The van der Waals surface area contributed by atoms with Crippen molar-refractivity contribution < 1.29 is 27.8 Å². The Morgan fingerprint density at radius 2 is 1.75 bits per heavy atom. The number of nitrogens with one attached hydrogen (secondary N) is 2. The zero-order valence-electron chi connectivity index (χ0n) is 14.8. The van der Waals surface area contributed by atoms with E-state index in [1.165, 1.54) is 0 Å². The molecule has 0 spiro atoms. The van der Waals surface area contributed by atoms with Gasteiger partial charge in [0, 0.05) is 35.7 Å². The van der Waals surface area contributed by atoms with E-state index in [2.05, 4.69) is 10.6 Å². The van der Waals surface area contributed by atoms with Crippen LogP contribution < -0.4 is 20.1 Å². The number of ether oxygens (including phenoxy) is 2. The molecule has 28 heavy (non-hydrogen) atoms. The molecule has 6 nitrogen and oxygen atoms in total. The SMILES string of the molecule is O=C(Nc1cccc(NC(=O)[C@H]2CCC(F)(F)C2)c1)c1ccc2c(c1)OCO2. The molecule has 1 aliphatic heterocycles. The van der Waals surface area contributed by atoms with E-state index in [0.717, 1.165) is 0 Å².